The molecular formula is C15H21ClFN. The van der Waals surface area contributed by atoms with Gasteiger partial charge in [0.05, 0.1) is 0 Å². The molecule has 1 nitrogen and oxygen atoms in total. The van der Waals surface area contributed by atoms with Gasteiger partial charge in [0, 0.05) is 11.1 Å². The monoisotopic (exact) mass is 269 g/mol. The minimum absolute atomic E-state index is 0.0676. The van der Waals surface area contributed by atoms with Crippen LogP contribution >= 0.6 is 11.6 Å². The standard InChI is InChI=1S/C15H21ClFN/c1-14(2)13(15(14,3)4)12(18)7-9-5-6-10(17)8-11(9)16/h5-6,8,12-13H,7,18H2,1-4H3. The van der Waals surface area contributed by atoms with Crippen molar-refractivity contribution in [3.8, 4) is 0 Å². The van der Waals surface area contributed by atoms with Gasteiger partial charge in [0.15, 0.2) is 0 Å². The average Bonchev–Trinajstić information content (AvgIpc) is 2.62. The lowest BCUT2D eigenvalue weighted by Crippen LogP contribution is -2.28. The molecule has 0 amide bonds. The van der Waals surface area contributed by atoms with Crippen molar-refractivity contribution in [3.05, 3.63) is 34.6 Å². The average molecular weight is 270 g/mol. The Hall–Kier alpha value is -0.600. The lowest BCUT2D eigenvalue weighted by molar-refractivity contribution is 0.457. The normalized spacial score (nSPS) is 22.8. The van der Waals surface area contributed by atoms with E-state index in [1.54, 1.807) is 6.07 Å². The van der Waals surface area contributed by atoms with Crippen molar-refractivity contribution in [3.63, 3.8) is 0 Å². The lowest BCUT2D eigenvalue weighted by Gasteiger charge is -2.15. The van der Waals surface area contributed by atoms with Crippen molar-refractivity contribution in [1.29, 1.82) is 0 Å². The maximum Gasteiger partial charge on any atom is 0.124 e. The van der Waals surface area contributed by atoms with Gasteiger partial charge in [0.1, 0.15) is 5.82 Å². The molecule has 0 aromatic heterocycles. The summed E-state index contributed by atoms with van der Waals surface area (Å²) in [7, 11) is 0. The van der Waals surface area contributed by atoms with Gasteiger partial charge in [0.2, 0.25) is 0 Å². The van der Waals surface area contributed by atoms with Crippen molar-refractivity contribution < 1.29 is 4.39 Å². The number of hydrogen-bond donors (Lipinski definition) is 1. The van der Waals surface area contributed by atoms with E-state index in [1.165, 1.54) is 12.1 Å². The van der Waals surface area contributed by atoms with Crippen LogP contribution in [-0.2, 0) is 6.42 Å². The van der Waals surface area contributed by atoms with Gasteiger partial charge in [-0.15, -0.1) is 0 Å². The van der Waals surface area contributed by atoms with Crippen molar-refractivity contribution in [2.45, 2.75) is 40.2 Å². The molecule has 1 aromatic rings. The number of nitrogens with two attached hydrogens (primary N) is 1. The molecule has 1 aliphatic rings. The molecule has 3 heteroatoms. The fraction of sp³-hybridized carbons (Fsp3) is 0.600. The third kappa shape index (κ3) is 2.06. The molecule has 0 aliphatic heterocycles. The summed E-state index contributed by atoms with van der Waals surface area (Å²) < 4.78 is 13.0. The van der Waals surface area contributed by atoms with Gasteiger partial charge in [-0.3, -0.25) is 0 Å². The molecule has 0 saturated heterocycles. The van der Waals surface area contributed by atoms with E-state index < -0.39 is 0 Å². The molecule has 0 heterocycles. The molecule has 2 rings (SSSR count). The summed E-state index contributed by atoms with van der Waals surface area (Å²) in [5, 5.41) is 0.474. The molecule has 0 spiro atoms. The highest BCUT2D eigenvalue weighted by Crippen LogP contribution is 2.69. The van der Waals surface area contributed by atoms with Crippen LogP contribution in [0.5, 0.6) is 0 Å². The van der Waals surface area contributed by atoms with Gasteiger partial charge < -0.3 is 5.73 Å². The second-order valence-electron chi connectivity index (χ2n) is 6.52. The van der Waals surface area contributed by atoms with Crippen molar-refractivity contribution in [2.24, 2.45) is 22.5 Å². The predicted molar refractivity (Wildman–Crippen MR) is 74.1 cm³/mol. The fourth-order valence-electron chi connectivity index (χ4n) is 3.38. The Morgan fingerprint density at radius 3 is 2.28 bits per heavy atom. The van der Waals surface area contributed by atoms with E-state index in [-0.39, 0.29) is 22.7 Å². The molecule has 100 valence electrons. The number of hydrogen-bond acceptors (Lipinski definition) is 1. The molecule has 1 fully saturated rings. The van der Waals surface area contributed by atoms with Crippen molar-refractivity contribution >= 4 is 11.6 Å². The first kappa shape index (κ1) is 13.8. The van der Waals surface area contributed by atoms with Crippen LogP contribution in [0.25, 0.3) is 0 Å². The van der Waals surface area contributed by atoms with Crippen LogP contribution in [0.2, 0.25) is 5.02 Å². The number of halogens is 2. The van der Waals surface area contributed by atoms with E-state index >= 15 is 0 Å². The zero-order chi connectivity index (χ0) is 13.7. The minimum Gasteiger partial charge on any atom is -0.327 e. The van der Waals surface area contributed by atoms with Crippen LogP contribution in [0.3, 0.4) is 0 Å². The molecular weight excluding hydrogens is 249 g/mol. The van der Waals surface area contributed by atoms with E-state index in [1.807, 2.05) is 0 Å². The van der Waals surface area contributed by atoms with Crippen LogP contribution in [0, 0.1) is 22.6 Å². The lowest BCUT2D eigenvalue weighted by atomic mass is 9.97. The van der Waals surface area contributed by atoms with E-state index in [9.17, 15) is 4.39 Å². The molecule has 1 aliphatic carbocycles. The molecule has 18 heavy (non-hydrogen) atoms. The molecule has 0 bridgehead atoms. The van der Waals surface area contributed by atoms with Gasteiger partial charge in [-0.05, 0) is 40.9 Å². The summed E-state index contributed by atoms with van der Waals surface area (Å²) >= 11 is 6.05. The van der Waals surface area contributed by atoms with Gasteiger partial charge >= 0.3 is 0 Å². The van der Waals surface area contributed by atoms with Crippen molar-refractivity contribution in [1.82, 2.24) is 0 Å². The van der Waals surface area contributed by atoms with Gasteiger partial charge in [-0.1, -0.05) is 45.4 Å². The Morgan fingerprint density at radius 2 is 1.83 bits per heavy atom. The summed E-state index contributed by atoms with van der Waals surface area (Å²) in [4.78, 5) is 0. The van der Waals surface area contributed by atoms with E-state index in [0.717, 1.165) is 5.56 Å². The number of benzene rings is 1. The topological polar surface area (TPSA) is 26.0 Å². The van der Waals surface area contributed by atoms with E-state index in [2.05, 4.69) is 27.7 Å². The second kappa shape index (κ2) is 4.21. The maximum atomic E-state index is 13.0. The van der Waals surface area contributed by atoms with Gasteiger partial charge in [0.25, 0.3) is 0 Å². The summed E-state index contributed by atoms with van der Waals surface area (Å²) in [6.45, 7) is 9.02. The van der Waals surface area contributed by atoms with Crippen LogP contribution in [0.1, 0.15) is 33.3 Å². The van der Waals surface area contributed by atoms with Crippen molar-refractivity contribution in [2.75, 3.05) is 0 Å². The smallest absolute Gasteiger partial charge is 0.124 e. The van der Waals surface area contributed by atoms with Crippen LogP contribution in [0.15, 0.2) is 18.2 Å². The highest BCUT2D eigenvalue weighted by atomic mass is 35.5. The highest BCUT2D eigenvalue weighted by molar-refractivity contribution is 6.31. The second-order valence-corrected chi connectivity index (χ2v) is 6.93. The van der Waals surface area contributed by atoms with E-state index in [0.29, 0.717) is 17.4 Å². The largest absolute Gasteiger partial charge is 0.327 e. The first-order chi connectivity index (χ1) is 8.18. The number of rotatable bonds is 3. The summed E-state index contributed by atoms with van der Waals surface area (Å²) in [6, 6.07) is 4.60. The van der Waals surface area contributed by atoms with Crippen LogP contribution < -0.4 is 5.73 Å². The predicted octanol–water partition coefficient (Wildman–Crippen LogP) is 4.03. The van der Waals surface area contributed by atoms with Gasteiger partial charge in [-0.25, -0.2) is 4.39 Å². The quantitative estimate of drug-likeness (QED) is 0.881. The first-order valence-electron chi connectivity index (χ1n) is 6.37. The highest BCUT2D eigenvalue weighted by Gasteiger charge is 2.66. The minimum atomic E-state index is -0.301. The zero-order valence-corrected chi connectivity index (χ0v) is 12.2. The van der Waals surface area contributed by atoms with Crippen LogP contribution in [0.4, 0.5) is 4.39 Å². The molecule has 1 aromatic carbocycles. The third-order valence-electron chi connectivity index (χ3n) is 5.03. The SMILES string of the molecule is CC1(C)C(C(N)Cc2ccc(F)cc2Cl)C1(C)C. The molecule has 1 atom stereocenters. The summed E-state index contributed by atoms with van der Waals surface area (Å²) in [5.74, 6) is 0.176. The Kier molecular flexibility index (Phi) is 3.23. The van der Waals surface area contributed by atoms with Crippen LogP contribution in [-0.4, -0.2) is 6.04 Å². The fourth-order valence-corrected chi connectivity index (χ4v) is 3.62. The molecule has 1 saturated carbocycles. The Morgan fingerprint density at radius 1 is 1.28 bits per heavy atom. The maximum absolute atomic E-state index is 13.0. The Balaban J connectivity index is 2.12. The van der Waals surface area contributed by atoms with E-state index in [4.69, 9.17) is 17.3 Å². The zero-order valence-electron chi connectivity index (χ0n) is 11.4. The summed E-state index contributed by atoms with van der Waals surface area (Å²) in [6.07, 6.45) is 0.705. The molecule has 1 unspecified atom stereocenters. The summed E-state index contributed by atoms with van der Waals surface area (Å²) in [5.41, 5.74) is 7.78. The molecule has 2 N–H and O–H groups in total. The Bertz CT molecular complexity index is 454. The molecule has 0 radical (unpaired) electrons. The third-order valence-corrected chi connectivity index (χ3v) is 5.38. The Labute approximate surface area is 114 Å². The first-order valence-corrected chi connectivity index (χ1v) is 6.75. The van der Waals surface area contributed by atoms with Gasteiger partial charge in [-0.2, -0.15) is 0 Å².